The first kappa shape index (κ1) is 22.5. The molecule has 1 fully saturated rings. The average Bonchev–Trinajstić information content (AvgIpc) is 2.95. The minimum atomic E-state index is -0.132. The first-order valence-electron chi connectivity index (χ1n) is 9.39. The molecule has 0 bridgehead atoms. The molecule has 1 aliphatic heterocycles. The lowest BCUT2D eigenvalue weighted by atomic mass is 10.1. The predicted octanol–water partition coefficient (Wildman–Crippen LogP) is 5.34. The molecule has 0 saturated carbocycles. The molecule has 0 N–H and O–H groups in total. The lowest BCUT2D eigenvalue weighted by Gasteiger charge is -2.15. The third-order valence-electron chi connectivity index (χ3n) is 4.24. The van der Waals surface area contributed by atoms with Crippen molar-refractivity contribution < 1.29 is 19.0 Å². The molecule has 1 amide bonds. The van der Waals surface area contributed by atoms with Crippen molar-refractivity contribution in [2.24, 2.45) is 0 Å². The Balaban J connectivity index is 1.71. The van der Waals surface area contributed by atoms with Gasteiger partial charge in [0.2, 0.25) is 0 Å². The summed E-state index contributed by atoms with van der Waals surface area (Å²) in [6.45, 7) is 5.03. The van der Waals surface area contributed by atoms with Gasteiger partial charge in [0, 0.05) is 7.05 Å². The van der Waals surface area contributed by atoms with E-state index in [0.29, 0.717) is 45.6 Å². The summed E-state index contributed by atoms with van der Waals surface area (Å²) in [7, 11) is 1.66. The Morgan fingerprint density at radius 3 is 2.47 bits per heavy atom. The average molecular weight is 464 g/mol. The van der Waals surface area contributed by atoms with Crippen LogP contribution >= 0.6 is 35.6 Å². The second-order valence-corrected chi connectivity index (χ2v) is 8.60. The molecule has 2 aromatic carbocycles. The molecule has 2 aromatic rings. The first-order valence-corrected chi connectivity index (χ1v) is 11.0. The van der Waals surface area contributed by atoms with Gasteiger partial charge in [-0.2, -0.15) is 0 Å². The van der Waals surface area contributed by atoms with Crippen molar-refractivity contribution in [1.29, 1.82) is 0 Å². The van der Waals surface area contributed by atoms with E-state index in [1.165, 1.54) is 22.2 Å². The van der Waals surface area contributed by atoms with Crippen molar-refractivity contribution in [3.63, 3.8) is 0 Å². The van der Waals surface area contributed by atoms with Crippen molar-refractivity contribution in [2.75, 3.05) is 26.9 Å². The van der Waals surface area contributed by atoms with Crippen molar-refractivity contribution in [2.45, 2.75) is 13.8 Å². The second kappa shape index (κ2) is 10.2. The number of hydrogen-bond donors (Lipinski definition) is 0. The molecule has 0 aromatic heterocycles. The van der Waals surface area contributed by atoms with Gasteiger partial charge in [0.15, 0.2) is 11.5 Å². The minimum absolute atomic E-state index is 0.132. The predicted molar refractivity (Wildman–Crippen MR) is 126 cm³/mol. The summed E-state index contributed by atoms with van der Waals surface area (Å²) in [6.07, 6.45) is 1.75. The van der Waals surface area contributed by atoms with E-state index in [1.54, 1.807) is 25.3 Å². The highest BCUT2D eigenvalue weighted by Gasteiger charge is 2.28. The van der Waals surface area contributed by atoms with Crippen LogP contribution in [0.2, 0.25) is 5.02 Å². The topological polar surface area (TPSA) is 48.0 Å². The molecule has 158 valence electrons. The third kappa shape index (κ3) is 5.47. The number of halogens is 1. The molecule has 1 aliphatic rings. The number of carbonyl (C=O) groups excluding carboxylic acids is 1. The van der Waals surface area contributed by atoms with Crippen LogP contribution in [0, 0.1) is 6.92 Å². The minimum Gasteiger partial charge on any atom is -0.490 e. The lowest BCUT2D eigenvalue weighted by Crippen LogP contribution is -2.22. The van der Waals surface area contributed by atoms with Gasteiger partial charge in [-0.1, -0.05) is 53.3 Å². The Bertz CT molecular complexity index is 976. The maximum atomic E-state index is 12.2. The van der Waals surface area contributed by atoms with E-state index in [2.05, 4.69) is 0 Å². The van der Waals surface area contributed by atoms with Crippen LogP contribution in [-0.2, 0) is 4.79 Å². The van der Waals surface area contributed by atoms with Crippen LogP contribution in [0.3, 0.4) is 0 Å². The summed E-state index contributed by atoms with van der Waals surface area (Å²) in [5.41, 5.74) is 1.91. The van der Waals surface area contributed by atoms with Gasteiger partial charge in [-0.25, -0.2) is 0 Å². The molecular weight excluding hydrogens is 442 g/mol. The highest BCUT2D eigenvalue weighted by molar-refractivity contribution is 8.26. The molecule has 0 spiro atoms. The second-order valence-electron chi connectivity index (χ2n) is 6.51. The Labute approximate surface area is 190 Å². The summed E-state index contributed by atoms with van der Waals surface area (Å²) in [4.78, 5) is 14.2. The number of nitrogens with zero attached hydrogens (tertiary/aromatic N) is 1. The highest BCUT2D eigenvalue weighted by Crippen LogP contribution is 2.39. The summed E-state index contributed by atoms with van der Waals surface area (Å²) >= 11 is 12.9. The van der Waals surface area contributed by atoms with Crippen molar-refractivity contribution in [1.82, 2.24) is 4.90 Å². The van der Waals surface area contributed by atoms with E-state index in [-0.39, 0.29) is 5.91 Å². The number of hydrogen-bond acceptors (Lipinski definition) is 6. The SMILES string of the molecule is CCOc1cc(C=C2SC(=S)N(C)C2=O)cc(Cl)c1OCCOc1ccc(C)cc1. The highest BCUT2D eigenvalue weighted by atomic mass is 35.5. The van der Waals surface area contributed by atoms with E-state index >= 15 is 0 Å². The van der Waals surface area contributed by atoms with E-state index in [9.17, 15) is 4.79 Å². The molecule has 0 unspecified atom stereocenters. The zero-order valence-electron chi connectivity index (χ0n) is 16.9. The van der Waals surface area contributed by atoms with Gasteiger partial charge < -0.3 is 14.2 Å². The molecule has 1 saturated heterocycles. The van der Waals surface area contributed by atoms with Crippen LogP contribution in [0.4, 0.5) is 0 Å². The van der Waals surface area contributed by atoms with E-state index in [4.69, 9.17) is 38.0 Å². The fourth-order valence-corrected chi connectivity index (χ4v) is 4.16. The van der Waals surface area contributed by atoms with E-state index in [0.717, 1.165) is 11.3 Å². The number of rotatable bonds is 8. The van der Waals surface area contributed by atoms with Crippen molar-refractivity contribution >= 4 is 51.9 Å². The van der Waals surface area contributed by atoms with E-state index in [1.807, 2.05) is 38.1 Å². The lowest BCUT2D eigenvalue weighted by molar-refractivity contribution is -0.121. The largest absolute Gasteiger partial charge is 0.490 e. The number of thioether (sulfide) groups is 1. The number of thiocarbonyl (C=S) groups is 1. The number of aryl methyl sites for hydroxylation is 1. The van der Waals surface area contributed by atoms with Crippen LogP contribution in [0.25, 0.3) is 6.08 Å². The maximum Gasteiger partial charge on any atom is 0.265 e. The number of likely N-dealkylation sites (N-methyl/N-ethyl adjacent to an activating group) is 1. The molecule has 5 nitrogen and oxygen atoms in total. The molecule has 1 heterocycles. The number of carbonyl (C=O) groups is 1. The number of ether oxygens (including phenoxy) is 3. The zero-order chi connectivity index (χ0) is 21.7. The van der Waals surface area contributed by atoms with Gasteiger partial charge in [-0.3, -0.25) is 9.69 Å². The summed E-state index contributed by atoms with van der Waals surface area (Å²) < 4.78 is 17.8. The smallest absolute Gasteiger partial charge is 0.265 e. The standard InChI is InChI=1S/C22H22ClNO4S2/c1-4-26-18-12-15(13-19-21(25)24(3)22(29)30-19)11-17(23)20(18)28-10-9-27-16-7-5-14(2)6-8-16/h5-8,11-13H,4,9-10H2,1-3H3. The van der Waals surface area contributed by atoms with Gasteiger partial charge in [0.05, 0.1) is 16.5 Å². The molecular formula is C22H22ClNO4S2. The number of amides is 1. The normalized spacial score (nSPS) is 15.1. The maximum absolute atomic E-state index is 12.2. The Morgan fingerprint density at radius 2 is 1.83 bits per heavy atom. The molecule has 0 atom stereocenters. The van der Waals surface area contributed by atoms with Gasteiger partial charge in [0.25, 0.3) is 5.91 Å². The third-order valence-corrected chi connectivity index (χ3v) is 6.00. The Kier molecular flexibility index (Phi) is 7.64. The Hall–Kier alpha value is -2.22. The molecule has 30 heavy (non-hydrogen) atoms. The van der Waals surface area contributed by atoms with Crippen LogP contribution in [0.1, 0.15) is 18.1 Å². The fraction of sp³-hybridized carbons (Fsp3) is 0.273. The Morgan fingerprint density at radius 1 is 1.13 bits per heavy atom. The van der Waals surface area contributed by atoms with Gasteiger partial charge in [-0.15, -0.1) is 0 Å². The molecule has 3 rings (SSSR count). The molecule has 0 radical (unpaired) electrons. The monoisotopic (exact) mass is 463 g/mol. The van der Waals surface area contributed by atoms with Crippen molar-refractivity contribution in [3.8, 4) is 17.2 Å². The quantitative estimate of drug-likeness (QED) is 0.299. The van der Waals surface area contributed by atoms with Gasteiger partial charge >= 0.3 is 0 Å². The van der Waals surface area contributed by atoms with Crippen LogP contribution in [0.15, 0.2) is 41.3 Å². The first-order chi connectivity index (χ1) is 14.4. The van der Waals surface area contributed by atoms with Gasteiger partial charge in [0.1, 0.15) is 23.3 Å². The van der Waals surface area contributed by atoms with Gasteiger partial charge in [-0.05, 0) is 49.8 Å². The van der Waals surface area contributed by atoms with Crippen molar-refractivity contribution in [3.05, 3.63) is 57.5 Å². The fourth-order valence-electron chi connectivity index (χ4n) is 2.71. The summed E-state index contributed by atoms with van der Waals surface area (Å²) in [6, 6.07) is 11.4. The zero-order valence-corrected chi connectivity index (χ0v) is 19.3. The van der Waals surface area contributed by atoms with Crippen LogP contribution in [-0.4, -0.2) is 42.0 Å². The van der Waals surface area contributed by atoms with Crippen LogP contribution < -0.4 is 14.2 Å². The molecule has 8 heteroatoms. The summed E-state index contributed by atoms with van der Waals surface area (Å²) in [5, 5.41) is 0.398. The summed E-state index contributed by atoms with van der Waals surface area (Å²) in [5.74, 6) is 1.61. The number of benzene rings is 2. The van der Waals surface area contributed by atoms with Crippen LogP contribution in [0.5, 0.6) is 17.2 Å². The molecule has 0 aliphatic carbocycles. The van der Waals surface area contributed by atoms with E-state index < -0.39 is 0 Å².